The number of anilines is 1. The lowest BCUT2D eigenvalue weighted by Gasteiger charge is -2.19. The first-order valence-corrected chi connectivity index (χ1v) is 7.06. The normalized spacial score (nSPS) is 11.5. The van der Waals surface area contributed by atoms with Gasteiger partial charge in [0.15, 0.2) is 0 Å². The molecule has 0 unspecified atom stereocenters. The number of carbonyl (C=O) groups is 1. The molecule has 0 atom stereocenters. The van der Waals surface area contributed by atoms with Gasteiger partial charge in [-0.1, -0.05) is 26.0 Å². The lowest BCUT2D eigenvalue weighted by molar-refractivity contribution is 0.0636. The molecule has 0 aliphatic heterocycles. The Bertz CT molecular complexity index is 419. The van der Waals surface area contributed by atoms with Crippen molar-refractivity contribution in [3.05, 3.63) is 29.8 Å². The lowest BCUT2D eigenvalue weighted by atomic mass is 10.2. The molecule has 1 rings (SSSR count). The number of benzene rings is 1. The Kier molecular flexibility index (Phi) is 6.02. The molecule has 20 heavy (non-hydrogen) atoms. The Morgan fingerprint density at radius 2 is 1.80 bits per heavy atom. The number of ether oxygens (including phenoxy) is 1. The molecule has 0 aromatic heterocycles. The molecule has 1 aromatic carbocycles. The van der Waals surface area contributed by atoms with E-state index in [0.717, 1.165) is 18.8 Å². The van der Waals surface area contributed by atoms with Gasteiger partial charge in [0.1, 0.15) is 5.60 Å². The minimum absolute atomic E-state index is 0.428. The Hall–Kier alpha value is -1.55. The van der Waals surface area contributed by atoms with E-state index in [0.29, 0.717) is 5.92 Å². The van der Waals surface area contributed by atoms with Gasteiger partial charge in [-0.3, -0.25) is 5.32 Å². The SMILES string of the molecule is CC(C)CNCc1ccc(NC(=O)OC(C)(C)C)cc1. The topological polar surface area (TPSA) is 50.4 Å². The molecule has 0 saturated heterocycles. The molecule has 0 heterocycles. The van der Waals surface area contributed by atoms with Crippen LogP contribution in [0.25, 0.3) is 0 Å². The number of hydrogen-bond acceptors (Lipinski definition) is 3. The molecular formula is C16H26N2O2. The van der Waals surface area contributed by atoms with Gasteiger partial charge in [0, 0.05) is 12.2 Å². The van der Waals surface area contributed by atoms with Crippen molar-refractivity contribution in [1.29, 1.82) is 0 Å². The van der Waals surface area contributed by atoms with Crippen LogP contribution in [0.2, 0.25) is 0 Å². The van der Waals surface area contributed by atoms with Crippen LogP contribution in [0.5, 0.6) is 0 Å². The summed E-state index contributed by atoms with van der Waals surface area (Å²) in [6.07, 6.45) is -0.428. The van der Waals surface area contributed by atoms with Gasteiger partial charge in [-0.05, 0) is 50.9 Å². The standard InChI is InChI=1S/C16H26N2O2/c1-12(2)10-17-11-13-6-8-14(9-7-13)18-15(19)20-16(3,4)5/h6-9,12,17H,10-11H2,1-5H3,(H,18,19). The van der Waals surface area contributed by atoms with E-state index in [1.165, 1.54) is 5.56 Å². The molecule has 4 heteroatoms. The van der Waals surface area contributed by atoms with Crippen LogP contribution in [0.4, 0.5) is 10.5 Å². The first-order valence-electron chi connectivity index (χ1n) is 7.06. The molecule has 0 fully saturated rings. The molecule has 0 aliphatic carbocycles. The van der Waals surface area contributed by atoms with Gasteiger partial charge in [-0.15, -0.1) is 0 Å². The van der Waals surface area contributed by atoms with Gasteiger partial charge in [0.25, 0.3) is 0 Å². The summed E-state index contributed by atoms with van der Waals surface area (Å²) in [5.41, 5.74) is 1.46. The predicted molar refractivity (Wildman–Crippen MR) is 82.8 cm³/mol. The summed E-state index contributed by atoms with van der Waals surface area (Å²) in [6.45, 7) is 11.7. The van der Waals surface area contributed by atoms with E-state index < -0.39 is 11.7 Å². The minimum Gasteiger partial charge on any atom is -0.444 e. The average Bonchev–Trinajstić information content (AvgIpc) is 2.28. The summed E-state index contributed by atoms with van der Waals surface area (Å²) < 4.78 is 5.20. The van der Waals surface area contributed by atoms with Crippen molar-refractivity contribution in [2.24, 2.45) is 5.92 Å². The zero-order valence-corrected chi connectivity index (χ0v) is 13.1. The van der Waals surface area contributed by atoms with Crippen LogP contribution in [0.3, 0.4) is 0 Å². The van der Waals surface area contributed by atoms with E-state index in [2.05, 4.69) is 24.5 Å². The number of amides is 1. The lowest BCUT2D eigenvalue weighted by Crippen LogP contribution is -2.27. The number of nitrogens with one attached hydrogen (secondary N) is 2. The Balaban J connectivity index is 2.44. The molecule has 1 amide bonds. The van der Waals surface area contributed by atoms with Crippen molar-refractivity contribution in [3.8, 4) is 0 Å². The maximum atomic E-state index is 11.6. The van der Waals surface area contributed by atoms with Gasteiger partial charge in [-0.25, -0.2) is 4.79 Å². The molecule has 0 aliphatic rings. The quantitative estimate of drug-likeness (QED) is 0.861. The van der Waals surface area contributed by atoms with Crippen LogP contribution in [0.15, 0.2) is 24.3 Å². The third-order valence-corrected chi connectivity index (χ3v) is 2.48. The smallest absolute Gasteiger partial charge is 0.412 e. The summed E-state index contributed by atoms with van der Waals surface area (Å²) in [5.74, 6) is 0.642. The fourth-order valence-electron chi connectivity index (χ4n) is 1.63. The van der Waals surface area contributed by atoms with Gasteiger partial charge in [0.2, 0.25) is 0 Å². The number of hydrogen-bond donors (Lipinski definition) is 2. The molecule has 1 aromatic rings. The van der Waals surface area contributed by atoms with Gasteiger partial charge in [-0.2, -0.15) is 0 Å². The zero-order valence-electron chi connectivity index (χ0n) is 13.1. The van der Waals surface area contributed by atoms with Crippen LogP contribution in [-0.2, 0) is 11.3 Å². The molecule has 0 saturated carbocycles. The van der Waals surface area contributed by atoms with E-state index in [1.54, 1.807) is 0 Å². The second-order valence-corrected chi connectivity index (χ2v) is 6.35. The predicted octanol–water partition coefficient (Wildman–Crippen LogP) is 3.78. The van der Waals surface area contributed by atoms with Crippen LogP contribution in [-0.4, -0.2) is 18.2 Å². The van der Waals surface area contributed by atoms with Crippen molar-refractivity contribution in [2.75, 3.05) is 11.9 Å². The summed E-state index contributed by atoms with van der Waals surface area (Å²) in [7, 11) is 0. The summed E-state index contributed by atoms with van der Waals surface area (Å²) in [4.78, 5) is 11.6. The third kappa shape index (κ3) is 7.14. The average molecular weight is 278 g/mol. The number of carbonyl (C=O) groups excluding carboxylic acids is 1. The van der Waals surface area contributed by atoms with Crippen LogP contribution in [0, 0.1) is 5.92 Å². The van der Waals surface area contributed by atoms with Crippen molar-refractivity contribution in [3.63, 3.8) is 0 Å². The molecule has 0 bridgehead atoms. The maximum absolute atomic E-state index is 11.6. The zero-order chi connectivity index (χ0) is 15.2. The molecule has 2 N–H and O–H groups in total. The highest BCUT2D eigenvalue weighted by Crippen LogP contribution is 2.13. The Morgan fingerprint density at radius 3 is 2.30 bits per heavy atom. The van der Waals surface area contributed by atoms with E-state index >= 15 is 0 Å². The minimum atomic E-state index is -0.481. The second-order valence-electron chi connectivity index (χ2n) is 6.35. The van der Waals surface area contributed by atoms with Gasteiger partial charge >= 0.3 is 6.09 Å². The van der Waals surface area contributed by atoms with Crippen LogP contribution < -0.4 is 10.6 Å². The third-order valence-electron chi connectivity index (χ3n) is 2.48. The van der Waals surface area contributed by atoms with E-state index in [1.807, 2.05) is 45.0 Å². The highest BCUT2D eigenvalue weighted by atomic mass is 16.6. The fourth-order valence-corrected chi connectivity index (χ4v) is 1.63. The van der Waals surface area contributed by atoms with Crippen molar-refractivity contribution in [1.82, 2.24) is 5.32 Å². The molecular weight excluding hydrogens is 252 g/mol. The summed E-state index contributed by atoms with van der Waals surface area (Å²) in [5, 5.41) is 6.10. The molecule has 4 nitrogen and oxygen atoms in total. The molecule has 112 valence electrons. The first kappa shape index (κ1) is 16.5. The highest BCUT2D eigenvalue weighted by molar-refractivity contribution is 5.84. The largest absolute Gasteiger partial charge is 0.444 e. The fraction of sp³-hybridized carbons (Fsp3) is 0.562. The molecule has 0 spiro atoms. The van der Waals surface area contributed by atoms with Gasteiger partial charge in [0.05, 0.1) is 0 Å². The van der Waals surface area contributed by atoms with Crippen LogP contribution >= 0.6 is 0 Å². The van der Waals surface area contributed by atoms with Gasteiger partial charge < -0.3 is 10.1 Å². The van der Waals surface area contributed by atoms with Crippen molar-refractivity contribution >= 4 is 11.8 Å². The van der Waals surface area contributed by atoms with E-state index in [4.69, 9.17) is 4.74 Å². The monoisotopic (exact) mass is 278 g/mol. The Morgan fingerprint density at radius 1 is 1.20 bits per heavy atom. The Labute approximate surface area is 121 Å². The first-order chi connectivity index (χ1) is 9.26. The van der Waals surface area contributed by atoms with E-state index in [9.17, 15) is 4.79 Å². The summed E-state index contributed by atoms with van der Waals surface area (Å²) in [6, 6.07) is 7.77. The van der Waals surface area contributed by atoms with Crippen LogP contribution in [0.1, 0.15) is 40.2 Å². The second kappa shape index (κ2) is 7.29. The van der Waals surface area contributed by atoms with Crippen molar-refractivity contribution in [2.45, 2.75) is 46.8 Å². The summed E-state index contributed by atoms with van der Waals surface area (Å²) >= 11 is 0. The van der Waals surface area contributed by atoms with E-state index in [-0.39, 0.29) is 0 Å². The highest BCUT2D eigenvalue weighted by Gasteiger charge is 2.15. The van der Waals surface area contributed by atoms with Crippen molar-refractivity contribution < 1.29 is 9.53 Å². The number of rotatable bonds is 5. The maximum Gasteiger partial charge on any atom is 0.412 e. The molecule has 0 radical (unpaired) electrons.